The molecule has 6 heteroatoms. The molecular formula is C8H3F3O3. The van der Waals surface area contributed by atoms with Crippen molar-refractivity contribution in [3.8, 4) is 0 Å². The highest BCUT2D eigenvalue weighted by Gasteiger charge is 2.22. The van der Waals surface area contributed by atoms with Crippen molar-refractivity contribution in [3.63, 3.8) is 0 Å². The molecule has 0 bridgehead atoms. The number of benzene rings is 1. The predicted octanol–water partition coefficient (Wildman–Crippen LogP) is 1.58. The van der Waals surface area contributed by atoms with Crippen molar-refractivity contribution >= 4 is 11.8 Å². The number of carbonyl (C=O) groups excluding carboxylic acids is 2. The molecule has 0 aliphatic carbocycles. The van der Waals surface area contributed by atoms with E-state index < -0.39 is 29.0 Å². The van der Waals surface area contributed by atoms with Gasteiger partial charge in [-0.2, -0.15) is 0 Å². The average Bonchev–Trinajstić information content (AvgIpc) is 2.15. The largest absolute Gasteiger partial charge is 0.419 e. The molecule has 0 spiro atoms. The molecule has 0 aliphatic heterocycles. The second-order valence-electron chi connectivity index (χ2n) is 2.32. The summed E-state index contributed by atoms with van der Waals surface area (Å²) in [6.45, 7) is 0. The summed E-state index contributed by atoms with van der Waals surface area (Å²) in [5.74, 6) is -5.52. The molecule has 0 saturated heterocycles. The minimum absolute atomic E-state index is 0.402. The summed E-state index contributed by atoms with van der Waals surface area (Å²) >= 11 is 0. The van der Waals surface area contributed by atoms with E-state index in [1.807, 2.05) is 0 Å². The Morgan fingerprint density at radius 1 is 1.21 bits per heavy atom. The molecule has 0 N–H and O–H groups in total. The minimum atomic E-state index is -1.85. The zero-order chi connectivity index (χ0) is 10.7. The number of Topliss-reactive ketones (excluding diaryl/α,β-unsaturated/α-hetero) is 1. The number of ketones is 1. The Labute approximate surface area is 76.0 Å². The van der Waals surface area contributed by atoms with Crippen LogP contribution in [-0.4, -0.2) is 11.8 Å². The van der Waals surface area contributed by atoms with Crippen molar-refractivity contribution in [1.82, 2.24) is 0 Å². The molecule has 0 amide bonds. The van der Waals surface area contributed by atoms with Crippen molar-refractivity contribution in [1.29, 1.82) is 0 Å². The second kappa shape index (κ2) is 3.91. The molecule has 1 rings (SSSR count). The molecule has 0 atom stereocenters. The van der Waals surface area contributed by atoms with Crippen LogP contribution in [0.5, 0.6) is 0 Å². The van der Waals surface area contributed by atoms with E-state index in [2.05, 4.69) is 4.94 Å². The molecule has 74 valence electrons. The molecule has 0 fully saturated rings. The fraction of sp³-hybridized carbons (Fsp3) is 0. The Kier molecular flexibility index (Phi) is 2.85. The van der Waals surface area contributed by atoms with Crippen LogP contribution < -0.4 is 0 Å². The van der Waals surface area contributed by atoms with Gasteiger partial charge >= 0.3 is 5.97 Å². The van der Waals surface area contributed by atoms with Gasteiger partial charge in [0.05, 0.1) is 5.56 Å². The van der Waals surface area contributed by atoms with E-state index in [0.717, 1.165) is 12.1 Å². The Bertz CT molecular complexity index is 389. The first-order chi connectivity index (χ1) is 6.56. The van der Waals surface area contributed by atoms with Gasteiger partial charge in [0.15, 0.2) is 0 Å². The molecule has 0 aromatic heterocycles. The van der Waals surface area contributed by atoms with Crippen LogP contribution in [-0.2, 0) is 9.74 Å². The number of hydrogen-bond donors (Lipinski definition) is 0. The Morgan fingerprint density at radius 2 is 1.86 bits per heavy atom. The zero-order valence-electron chi connectivity index (χ0n) is 6.59. The quantitative estimate of drug-likeness (QED) is 0.542. The molecule has 0 radical (unpaired) electrons. The van der Waals surface area contributed by atoms with Crippen LogP contribution in [0.15, 0.2) is 18.2 Å². The predicted molar refractivity (Wildman–Crippen MR) is 37.9 cm³/mol. The van der Waals surface area contributed by atoms with Gasteiger partial charge in [-0.3, -0.25) is 4.79 Å². The second-order valence-corrected chi connectivity index (χ2v) is 2.32. The number of carbonyl (C=O) groups is 2. The van der Waals surface area contributed by atoms with Gasteiger partial charge in [0.1, 0.15) is 11.6 Å². The fourth-order valence-corrected chi connectivity index (χ4v) is 0.819. The van der Waals surface area contributed by atoms with Gasteiger partial charge in [-0.1, -0.05) is 0 Å². The Hall–Kier alpha value is -1.85. The summed E-state index contributed by atoms with van der Waals surface area (Å²) < 4.78 is 36.4. The Balaban J connectivity index is 3.08. The first kappa shape index (κ1) is 10.2. The van der Waals surface area contributed by atoms with Crippen molar-refractivity contribution in [2.24, 2.45) is 0 Å². The summed E-state index contributed by atoms with van der Waals surface area (Å²) in [5, 5.41) is 0. The van der Waals surface area contributed by atoms with Gasteiger partial charge in [-0.25, -0.2) is 18.5 Å². The molecule has 0 heterocycles. The highest BCUT2D eigenvalue weighted by molar-refractivity contribution is 6.40. The van der Waals surface area contributed by atoms with Crippen LogP contribution in [0.4, 0.5) is 13.3 Å². The molecule has 0 aliphatic rings. The summed E-state index contributed by atoms with van der Waals surface area (Å²) in [5.41, 5.74) is -0.742. The highest BCUT2D eigenvalue weighted by atomic mass is 19.3. The molecule has 1 aromatic carbocycles. The van der Waals surface area contributed by atoms with E-state index in [0.29, 0.717) is 6.07 Å². The maximum atomic E-state index is 12.8. The number of halogens is 3. The lowest BCUT2D eigenvalue weighted by Crippen LogP contribution is -2.15. The van der Waals surface area contributed by atoms with E-state index in [1.54, 1.807) is 0 Å². The maximum absolute atomic E-state index is 12.8. The van der Waals surface area contributed by atoms with Crippen molar-refractivity contribution < 1.29 is 27.8 Å². The summed E-state index contributed by atoms with van der Waals surface area (Å²) in [6, 6.07) is 1.89. The lowest BCUT2D eigenvalue weighted by molar-refractivity contribution is -0.176. The van der Waals surface area contributed by atoms with Gasteiger partial charge < -0.3 is 0 Å². The number of rotatable bonds is 2. The maximum Gasteiger partial charge on any atom is 0.419 e. The van der Waals surface area contributed by atoms with Crippen molar-refractivity contribution in [2.75, 3.05) is 0 Å². The molecule has 1 aromatic rings. The molecule has 0 unspecified atom stereocenters. The average molecular weight is 204 g/mol. The Morgan fingerprint density at radius 3 is 2.36 bits per heavy atom. The summed E-state index contributed by atoms with van der Waals surface area (Å²) in [6.07, 6.45) is 0. The van der Waals surface area contributed by atoms with E-state index in [9.17, 15) is 22.9 Å². The van der Waals surface area contributed by atoms with Gasteiger partial charge in [-0.15, -0.1) is 0 Å². The van der Waals surface area contributed by atoms with Gasteiger partial charge in [0.25, 0.3) is 5.78 Å². The number of hydrogen-bond acceptors (Lipinski definition) is 3. The van der Waals surface area contributed by atoms with Crippen LogP contribution >= 0.6 is 0 Å². The highest BCUT2D eigenvalue weighted by Crippen LogP contribution is 2.10. The first-order valence-corrected chi connectivity index (χ1v) is 3.38. The third-order valence-electron chi connectivity index (χ3n) is 1.43. The SMILES string of the molecule is O=C(OF)C(=O)c1ccc(F)cc1F. The fourth-order valence-electron chi connectivity index (χ4n) is 0.819. The lowest BCUT2D eigenvalue weighted by Gasteiger charge is -1.98. The van der Waals surface area contributed by atoms with Gasteiger partial charge in [0, 0.05) is 10.6 Å². The van der Waals surface area contributed by atoms with Crippen LogP contribution in [0, 0.1) is 11.6 Å². The third-order valence-corrected chi connectivity index (χ3v) is 1.43. The normalized spacial score (nSPS) is 9.64. The monoisotopic (exact) mass is 204 g/mol. The lowest BCUT2D eigenvalue weighted by atomic mass is 10.1. The molecule has 14 heavy (non-hydrogen) atoms. The van der Waals surface area contributed by atoms with Crippen molar-refractivity contribution in [3.05, 3.63) is 35.4 Å². The van der Waals surface area contributed by atoms with Crippen LogP contribution in [0.25, 0.3) is 0 Å². The topological polar surface area (TPSA) is 43.4 Å². The standard InChI is InChI=1S/C8H3F3O3/c9-4-1-2-5(6(10)3-4)7(12)8(13)14-11/h1-3H. The molecular weight excluding hydrogens is 201 g/mol. The van der Waals surface area contributed by atoms with Gasteiger partial charge in [0.2, 0.25) is 0 Å². The zero-order valence-corrected chi connectivity index (χ0v) is 6.59. The molecule has 0 saturated carbocycles. The van der Waals surface area contributed by atoms with Crippen molar-refractivity contribution in [2.45, 2.75) is 0 Å². The van der Waals surface area contributed by atoms with Crippen LogP contribution in [0.3, 0.4) is 0 Å². The van der Waals surface area contributed by atoms with E-state index in [4.69, 9.17) is 0 Å². The van der Waals surface area contributed by atoms with E-state index >= 15 is 0 Å². The van der Waals surface area contributed by atoms with Crippen LogP contribution in [0.2, 0.25) is 0 Å². The minimum Gasteiger partial charge on any atom is -0.281 e. The summed E-state index contributed by atoms with van der Waals surface area (Å²) in [7, 11) is 0. The smallest absolute Gasteiger partial charge is 0.281 e. The molecule has 3 nitrogen and oxygen atoms in total. The third kappa shape index (κ3) is 1.90. The van der Waals surface area contributed by atoms with E-state index in [-0.39, 0.29) is 0 Å². The van der Waals surface area contributed by atoms with E-state index in [1.165, 1.54) is 0 Å². The summed E-state index contributed by atoms with van der Waals surface area (Å²) in [4.78, 5) is 23.8. The van der Waals surface area contributed by atoms with Crippen LogP contribution in [0.1, 0.15) is 10.4 Å². The first-order valence-electron chi connectivity index (χ1n) is 3.38. The van der Waals surface area contributed by atoms with Gasteiger partial charge in [-0.05, 0) is 12.1 Å².